The van der Waals surface area contributed by atoms with Crippen LogP contribution in [0.4, 0.5) is 0 Å². The third kappa shape index (κ3) is 1.67. The molecule has 6 heteroatoms. The minimum Gasteiger partial charge on any atom is -0.337 e. The summed E-state index contributed by atoms with van der Waals surface area (Å²) < 4.78 is 1.46. The van der Waals surface area contributed by atoms with Gasteiger partial charge in [0.1, 0.15) is 18.4 Å². The van der Waals surface area contributed by atoms with Crippen LogP contribution in [0.2, 0.25) is 0 Å². The molecule has 1 fully saturated rings. The zero-order valence-electron chi connectivity index (χ0n) is 8.70. The van der Waals surface area contributed by atoms with Gasteiger partial charge in [-0.1, -0.05) is 6.08 Å². The lowest BCUT2D eigenvalue weighted by molar-refractivity contribution is -0.130. The van der Waals surface area contributed by atoms with Crippen molar-refractivity contribution in [3.8, 4) is 6.07 Å². The molecule has 6 nitrogen and oxygen atoms in total. The van der Waals surface area contributed by atoms with Crippen molar-refractivity contribution in [2.45, 2.75) is 12.5 Å². The Bertz CT molecular complexity index is 458. The number of hydrogen-bond donors (Lipinski definition) is 0. The highest BCUT2D eigenvalue weighted by molar-refractivity contribution is 5.82. The molecule has 2 heterocycles. The van der Waals surface area contributed by atoms with Crippen LogP contribution in [-0.2, 0) is 4.79 Å². The lowest BCUT2D eigenvalue weighted by atomic mass is 10.2. The Morgan fingerprint density at radius 2 is 2.56 bits per heavy atom. The highest BCUT2D eigenvalue weighted by Crippen LogP contribution is 2.21. The van der Waals surface area contributed by atoms with E-state index in [9.17, 15) is 4.79 Å². The fourth-order valence-electron chi connectivity index (χ4n) is 1.78. The maximum absolute atomic E-state index is 11.9. The average molecular weight is 217 g/mol. The molecule has 0 aromatic carbocycles. The third-order valence-electron chi connectivity index (χ3n) is 2.55. The van der Waals surface area contributed by atoms with E-state index in [1.165, 1.54) is 11.0 Å². The average Bonchev–Trinajstić information content (AvgIpc) is 2.87. The molecule has 82 valence electrons. The Hall–Kier alpha value is -2.16. The quantitative estimate of drug-likeness (QED) is 0.673. The van der Waals surface area contributed by atoms with Crippen molar-refractivity contribution in [1.82, 2.24) is 19.7 Å². The first-order chi connectivity index (χ1) is 7.76. The number of likely N-dealkylation sites (tertiary alicyclic amines) is 1. The number of amides is 1. The monoisotopic (exact) mass is 217 g/mol. The molecular weight excluding hydrogens is 206 g/mol. The molecule has 1 aromatic rings. The highest BCUT2D eigenvalue weighted by Gasteiger charge is 2.32. The van der Waals surface area contributed by atoms with Crippen LogP contribution in [0.1, 0.15) is 18.3 Å². The van der Waals surface area contributed by atoms with E-state index in [1.54, 1.807) is 11.0 Å². The number of hydrogen-bond acceptors (Lipinski definition) is 4. The van der Waals surface area contributed by atoms with Gasteiger partial charge in [0.25, 0.3) is 5.82 Å². The molecule has 16 heavy (non-hydrogen) atoms. The predicted octanol–water partition coefficient (Wildman–Crippen LogP) is 0.109. The van der Waals surface area contributed by atoms with Crippen LogP contribution < -0.4 is 0 Å². The minimum absolute atomic E-state index is 0.00860. The maximum atomic E-state index is 11.9. The summed E-state index contributed by atoms with van der Waals surface area (Å²) in [6, 6.07) is 1.51. The van der Waals surface area contributed by atoms with Gasteiger partial charge >= 0.3 is 0 Å². The first-order valence-corrected chi connectivity index (χ1v) is 4.97. The molecule has 0 bridgehead atoms. The summed E-state index contributed by atoms with van der Waals surface area (Å²) in [4.78, 5) is 17.4. The number of rotatable bonds is 3. The van der Waals surface area contributed by atoms with Gasteiger partial charge in [-0.2, -0.15) is 5.26 Å². The van der Waals surface area contributed by atoms with Gasteiger partial charge in [-0.25, -0.2) is 9.67 Å². The van der Waals surface area contributed by atoms with Gasteiger partial charge in [-0.15, -0.1) is 11.7 Å². The van der Waals surface area contributed by atoms with E-state index in [0.29, 0.717) is 19.5 Å². The normalized spacial score (nSPS) is 19.8. The van der Waals surface area contributed by atoms with Crippen molar-refractivity contribution in [3.63, 3.8) is 0 Å². The Kier molecular flexibility index (Phi) is 2.68. The molecule has 1 aromatic heterocycles. The summed E-state index contributed by atoms with van der Waals surface area (Å²) in [6.45, 7) is 4.84. The molecule has 0 saturated carbocycles. The summed E-state index contributed by atoms with van der Waals surface area (Å²) in [5.41, 5.74) is 0. The van der Waals surface area contributed by atoms with E-state index < -0.39 is 0 Å². The van der Waals surface area contributed by atoms with Crippen LogP contribution in [0.3, 0.4) is 0 Å². The predicted molar refractivity (Wildman–Crippen MR) is 55.2 cm³/mol. The van der Waals surface area contributed by atoms with Gasteiger partial charge in [-0.3, -0.25) is 4.79 Å². The summed E-state index contributed by atoms with van der Waals surface area (Å²) >= 11 is 0. The number of nitrogens with zero attached hydrogens (tertiary/aromatic N) is 5. The molecule has 1 aliphatic heterocycles. The van der Waals surface area contributed by atoms with Gasteiger partial charge in [0.05, 0.1) is 0 Å². The second kappa shape index (κ2) is 4.14. The van der Waals surface area contributed by atoms with E-state index in [1.807, 2.05) is 6.07 Å². The SMILES string of the molecule is C=CCN1CC[C@H](n2cnc(C#N)n2)C1=O. The largest absolute Gasteiger partial charge is 0.337 e. The summed E-state index contributed by atoms with van der Waals surface area (Å²) in [7, 11) is 0. The first kappa shape index (κ1) is 10.4. The van der Waals surface area contributed by atoms with E-state index in [-0.39, 0.29) is 17.8 Å². The van der Waals surface area contributed by atoms with Crippen LogP contribution >= 0.6 is 0 Å². The Balaban J connectivity index is 2.15. The standard InChI is InChI=1S/C10H11N5O/c1-2-4-14-5-3-8(10(14)16)15-7-12-9(6-11)13-15/h2,7-8H,1,3-5H2/t8-/m0/s1. The summed E-state index contributed by atoms with van der Waals surface area (Å²) in [6.07, 6.45) is 3.82. The van der Waals surface area contributed by atoms with Crippen LogP contribution in [0.15, 0.2) is 19.0 Å². The molecular formula is C10H11N5O. The molecule has 0 N–H and O–H groups in total. The lowest BCUT2D eigenvalue weighted by Crippen LogP contribution is -2.28. The Morgan fingerprint density at radius 3 is 3.19 bits per heavy atom. The van der Waals surface area contributed by atoms with Crippen molar-refractivity contribution in [2.24, 2.45) is 0 Å². The molecule has 1 atom stereocenters. The van der Waals surface area contributed by atoms with Crippen LogP contribution in [0.5, 0.6) is 0 Å². The second-order valence-corrected chi connectivity index (χ2v) is 3.54. The van der Waals surface area contributed by atoms with Crippen molar-refractivity contribution in [1.29, 1.82) is 5.26 Å². The molecule has 0 radical (unpaired) electrons. The van der Waals surface area contributed by atoms with Crippen LogP contribution in [0.25, 0.3) is 0 Å². The number of aromatic nitrogens is 3. The Labute approximate surface area is 92.8 Å². The van der Waals surface area contributed by atoms with Gasteiger partial charge in [0, 0.05) is 13.1 Å². The Morgan fingerprint density at radius 1 is 1.75 bits per heavy atom. The zero-order valence-corrected chi connectivity index (χ0v) is 8.70. The molecule has 0 spiro atoms. The van der Waals surface area contributed by atoms with Crippen molar-refractivity contribution < 1.29 is 4.79 Å². The second-order valence-electron chi connectivity index (χ2n) is 3.54. The van der Waals surface area contributed by atoms with Crippen LogP contribution in [-0.4, -0.2) is 38.7 Å². The molecule has 1 aliphatic rings. The summed E-state index contributed by atoms with van der Waals surface area (Å²) in [5.74, 6) is 0.101. The molecule has 1 saturated heterocycles. The molecule has 1 amide bonds. The maximum Gasteiger partial charge on any atom is 0.252 e. The van der Waals surface area contributed by atoms with Gasteiger partial charge in [-0.05, 0) is 6.42 Å². The van der Waals surface area contributed by atoms with E-state index in [4.69, 9.17) is 5.26 Å². The van der Waals surface area contributed by atoms with Crippen LogP contribution in [0, 0.1) is 11.3 Å². The highest BCUT2D eigenvalue weighted by atomic mass is 16.2. The van der Waals surface area contributed by atoms with Crippen molar-refractivity contribution in [2.75, 3.05) is 13.1 Å². The van der Waals surface area contributed by atoms with Gasteiger partial charge < -0.3 is 4.90 Å². The minimum atomic E-state index is -0.324. The van der Waals surface area contributed by atoms with Crippen molar-refractivity contribution in [3.05, 3.63) is 24.8 Å². The van der Waals surface area contributed by atoms with Gasteiger partial charge in [0.15, 0.2) is 0 Å². The number of carbonyl (C=O) groups is 1. The van der Waals surface area contributed by atoms with E-state index in [0.717, 1.165) is 0 Å². The van der Waals surface area contributed by atoms with E-state index in [2.05, 4.69) is 16.7 Å². The molecule has 0 unspecified atom stereocenters. The van der Waals surface area contributed by atoms with Crippen molar-refractivity contribution >= 4 is 5.91 Å². The third-order valence-corrected chi connectivity index (χ3v) is 2.55. The smallest absolute Gasteiger partial charge is 0.252 e. The zero-order chi connectivity index (χ0) is 11.5. The fourth-order valence-corrected chi connectivity index (χ4v) is 1.78. The van der Waals surface area contributed by atoms with E-state index >= 15 is 0 Å². The lowest BCUT2D eigenvalue weighted by Gasteiger charge is -2.13. The fraction of sp³-hybridized carbons (Fsp3) is 0.400. The number of nitriles is 1. The number of carbonyl (C=O) groups excluding carboxylic acids is 1. The first-order valence-electron chi connectivity index (χ1n) is 4.97. The topological polar surface area (TPSA) is 74.8 Å². The summed E-state index contributed by atoms with van der Waals surface area (Å²) in [5, 5.41) is 12.5. The molecule has 0 aliphatic carbocycles. The molecule has 2 rings (SSSR count). The van der Waals surface area contributed by atoms with Gasteiger partial charge in [0.2, 0.25) is 5.91 Å².